The van der Waals surface area contributed by atoms with Crippen LogP contribution in [0.2, 0.25) is 0 Å². The van der Waals surface area contributed by atoms with Crippen LogP contribution in [0, 0.1) is 0 Å². The van der Waals surface area contributed by atoms with Crippen LogP contribution >= 0.6 is 11.6 Å². The van der Waals surface area contributed by atoms with Gasteiger partial charge in [0, 0.05) is 24.4 Å². The number of unbranched alkanes of at least 4 members (excludes halogenated alkanes) is 1. The highest BCUT2D eigenvalue weighted by Gasteiger charge is 2.16. The number of hydrogen-bond acceptors (Lipinski definition) is 6. The topological polar surface area (TPSA) is 134 Å². The van der Waals surface area contributed by atoms with E-state index >= 15 is 0 Å². The molecule has 1 rings (SSSR count). The zero-order valence-corrected chi connectivity index (χ0v) is 17.9. The van der Waals surface area contributed by atoms with E-state index in [1.807, 2.05) is 0 Å². The van der Waals surface area contributed by atoms with E-state index in [9.17, 15) is 24.3 Å². The molecule has 1 atom stereocenters. The van der Waals surface area contributed by atoms with Crippen molar-refractivity contribution in [2.24, 2.45) is 0 Å². The maximum atomic E-state index is 12.3. The lowest BCUT2D eigenvalue weighted by Crippen LogP contribution is -2.45. The number of halogens is 1. The molecule has 1 unspecified atom stereocenters. The molecule has 1 aromatic carbocycles. The molecule has 0 radical (unpaired) electrons. The summed E-state index contributed by atoms with van der Waals surface area (Å²) in [6.07, 6.45) is 1.44. The average molecular weight is 442 g/mol. The van der Waals surface area contributed by atoms with Crippen molar-refractivity contribution in [3.8, 4) is 0 Å². The normalized spacial score (nSPS) is 11.3. The summed E-state index contributed by atoms with van der Waals surface area (Å²) in [7, 11) is 1.30. The molecule has 0 aliphatic carbocycles. The van der Waals surface area contributed by atoms with Crippen LogP contribution in [0.1, 0.15) is 43.7 Å². The van der Waals surface area contributed by atoms with E-state index in [1.54, 1.807) is 18.2 Å². The second kappa shape index (κ2) is 13.6. The van der Waals surface area contributed by atoms with Crippen molar-refractivity contribution in [3.63, 3.8) is 0 Å². The smallest absolute Gasteiger partial charge is 0.305 e. The molecule has 4 N–H and O–H groups in total. The van der Waals surface area contributed by atoms with Gasteiger partial charge < -0.3 is 25.8 Å². The van der Waals surface area contributed by atoms with Crippen molar-refractivity contribution < 1.29 is 29.0 Å². The Kier molecular flexibility index (Phi) is 11.5. The number of hydrogen-bond donors (Lipinski definition) is 4. The molecule has 0 aromatic heterocycles. The van der Waals surface area contributed by atoms with Gasteiger partial charge in [-0.3, -0.25) is 19.2 Å². The monoisotopic (exact) mass is 441 g/mol. The predicted octanol–water partition coefficient (Wildman–Crippen LogP) is 1.21. The fourth-order valence-electron chi connectivity index (χ4n) is 2.54. The number of carbonyl (C=O) groups excluding carboxylic acids is 4. The van der Waals surface area contributed by atoms with E-state index in [2.05, 4.69) is 20.7 Å². The number of nitrogens with one attached hydrogen (secondary N) is 3. The van der Waals surface area contributed by atoms with Gasteiger partial charge in [-0.1, -0.05) is 6.07 Å². The highest BCUT2D eigenvalue weighted by molar-refractivity contribution is 6.17. The SMILES string of the molecule is COC(=O)CCCCC(=O)NCC(=O)NC(C)C(=O)Nc1cc(CO)cc(CCl)c1. The molecule has 0 saturated heterocycles. The molecule has 30 heavy (non-hydrogen) atoms. The van der Waals surface area contributed by atoms with E-state index in [0.717, 1.165) is 5.56 Å². The first-order valence-electron chi connectivity index (χ1n) is 9.52. The Morgan fingerprint density at radius 2 is 1.73 bits per heavy atom. The summed E-state index contributed by atoms with van der Waals surface area (Å²) in [6, 6.07) is 4.18. The first-order chi connectivity index (χ1) is 14.3. The van der Waals surface area contributed by atoms with Crippen molar-refractivity contribution in [1.29, 1.82) is 0 Å². The summed E-state index contributed by atoms with van der Waals surface area (Å²) < 4.78 is 4.51. The molecule has 0 fully saturated rings. The molecular formula is C20H28ClN3O6. The highest BCUT2D eigenvalue weighted by atomic mass is 35.5. The second-order valence-corrected chi connectivity index (χ2v) is 6.94. The fourth-order valence-corrected chi connectivity index (χ4v) is 2.69. The average Bonchev–Trinajstić information content (AvgIpc) is 2.74. The van der Waals surface area contributed by atoms with Gasteiger partial charge in [0.05, 0.1) is 20.3 Å². The number of amides is 3. The van der Waals surface area contributed by atoms with Crippen LogP contribution < -0.4 is 16.0 Å². The Labute approximate surface area is 180 Å². The zero-order chi connectivity index (χ0) is 22.5. The van der Waals surface area contributed by atoms with Crippen molar-refractivity contribution in [1.82, 2.24) is 10.6 Å². The van der Waals surface area contributed by atoms with Crippen LogP contribution in [-0.4, -0.2) is 48.5 Å². The molecular weight excluding hydrogens is 414 g/mol. The van der Waals surface area contributed by atoms with E-state index in [1.165, 1.54) is 14.0 Å². The number of carbonyl (C=O) groups is 4. The molecule has 0 aliphatic rings. The Bertz CT molecular complexity index is 734. The van der Waals surface area contributed by atoms with Crippen LogP contribution in [0.4, 0.5) is 5.69 Å². The number of benzene rings is 1. The molecule has 0 spiro atoms. The Morgan fingerprint density at radius 1 is 1.07 bits per heavy atom. The van der Waals surface area contributed by atoms with Crippen molar-refractivity contribution in [2.45, 2.75) is 51.1 Å². The maximum Gasteiger partial charge on any atom is 0.305 e. The van der Waals surface area contributed by atoms with Crippen LogP contribution in [0.15, 0.2) is 18.2 Å². The lowest BCUT2D eigenvalue weighted by molar-refractivity contribution is -0.140. The third-order valence-electron chi connectivity index (χ3n) is 4.14. The van der Waals surface area contributed by atoms with Gasteiger partial charge in [0.25, 0.3) is 0 Å². The molecule has 10 heteroatoms. The molecule has 0 bridgehead atoms. The number of alkyl halides is 1. The van der Waals surface area contributed by atoms with Gasteiger partial charge in [-0.2, -0.15) is 0 Å². The summed E-state index contributed by atoms with van der Waals surface area (Å²) in [5.74, 6) is -1.38. The van der Waals surface area contributed by atoms with Crippen molar-refractivity contribution in [3.05, 3.63) is 29.3 Å². The van der Waals surface area contributed by atoms with Crippen LogP contribution in [0.3, 0.4) is 0 Å². The standard InChI is InChI=1S/C20H28ClN3O6/c1-13(20(29)24-16-8-14(10-21)7-15(9-16)12-25)23-18(27)11-22-17(26)5-3-4-6-19(28)30-2/h7-9,13,25H,3-6,10-12H2,1-2H3,(H,22,26)(H,23,27)(H,24,29). The van der Waals surface area contributed by atoms with Crippen LogP contribution in [0.5, 0.6) is 0 Å². The third kappa shape index (κ3) is 9.71. The van der Waals surface area contributed by atoms with Gasteiger partial charge in [0.15, 0.2) is 0 Å². The minimum absolute atomic E-state index is 0.185. The third-order valence-corrected chi connectivity index (χ3v) is 4.44. The molecule has 0 heterocycles. The van der Waals surface area contributed by atoms with Crippen molar-refractivity contribution in [2.75, 3.05) is 19.0 Å². The fraction of sp³-hybridized carbons (Fsp3) is 0.500. The van der Waals surface area contributed by atoms with Gasteiger partial charge >= 0.3 is 5.97 Å². The minimum Gasteiger partial charge on any atom is -0.469 e. The molecule has 0 saturated carbocycles. The molecule has 0 aliphatic heterocycles. The maximum absolute atomic E-state index is 12.3. The Morgan fingerprint density at radius 3 is 2.37 bits per heavy atom. The Balaban J connectivity index is 2.38. The number of aliphatic hydroxyl groups excluding tert-OH is 1. The minimum atomic E-state index is -0.841. The lowest BCUT2D eigenvalue weighted by Gasteiger charge is -2.15. The number of methoxy groups -OCH3 is 1. The summed E-state index contributed by atoms with van der Waals surface area (Å²) >= 11 is 5.81. The second-order valence-electron chi connectivity index (χ2n) is 6.67. The predicted molar refractivity (Wildman–Crippen MR) is 112 cm³/mol. The lowest BCUT2D eigenvalue weighted by atomic mass is 10.1. The molecule has 1 aromatic rings. The number of esters is 1. The van der Waals surface area contributed by atoms with Crippen LogP contribution in [0.25, 0.3) is 0 Å². The largest absolute Gasteiger partial charge is 0.469 e. The zero-order valence-electron chi connectivity index (χ0n) is 17.1. The summed E-state index contributed by atoms with van der Waals surface area (Å²) in [5, 5.41) is 16.9. The highest BCUT2D eigenvalue weighted by Crippen LogP contribution is 2.17. The van der Waals surface area contributed by atoms with Crippen LogP contribution in [-0.2, 0) is 36.4 Å². The number of rotatable bonds is 12. The van der Waals surface area contributed by atoms with Gasteiger partial charge in [0.1, 0.15) is 6.04 Å². The van der Waals surface area contributed by atoms with E-state index in [-0.39, 0.29) is 43.7 Å². The summed E-state index contributed by atoms with van der Waals surface area (Å²) in [5.41, 5.74) is 1.81. The molecule has 166 valence electrons. The van der Waals surface area contributed by atoms with Gasteiger partial charge in [-0.15, -0.1) is 11.6 Å². The van der Waals surface area contributed by atoms with Gasteiger partial charge in [-0.25, -0.2) is 0 Å². The van der Waals surface area contributed by atoms with Gasteiger partial charge in [0.2, 0.25) is 17.7 Å². The molecule has 3 amide bonds. The Hall–Kier alpha value is -2.65. The first kappa shape index (κ1) is 25.4. The van der Waals surface area contributed by atoms with E-state index in [0.29, 0.717) is 24.1 Å². The number of anilines is 1. The van der Waals surface area contributed by atoms with E-state index < -0.39 is 17.9 Å². The van der Waals surface area contributed by atoms with Crippen molar-refractivity contribution >= 4 is 41.0 Å². The quantitative estimate of drug-likeness (QED) is 0.219. The molecule has 9 nitrogen and oxygen atoms in total. The first-order valence-corrected chi connectivity index (χ1v) is 10.1. The van der Waals surface area contributed by atoms with E-state index in [4.69, 9.17) is 11.6 Å². The number of aliphatic hydroxyl groups is 1. The van der Waals surface area contributed by atoms with Gasteiger partial charge in [-0.05, 0) is 43.0 Å². The summed E-state index contributed by atoms with van der Waals surface area (Å²) in [4.78, 5) is 47.0. The summed E-state index contributed by atoms with van der Waals surface area (Å²) in [6.45, 7) is 1.06. The number of ether oxygens (including phenoxy) is 1.